The van der Waals surface area contributed by atoms with Crippen LogP contribution in [0.4, 0.5) is 0 Å². The molecule has 0 aliphatic rings. The van der Waals surface area contributed by atoms with E-state index in [0.717, 1.165) is 76.5 Å². The first-order valence-electron chi connectivity index (χ1n) is 16.9. The van der Waals surface area contributed by atoms with Crippen molar-refractivity contribution in [2.75, 3.05) is 13.2 Å². The van der Waals surface area contributed by atoms with Gasteiger partial charge in [0, 0.05) is 19.3 Å². The first-order chi connectivity index (χ1) is 19.4. The third-order valence-corrected chi connectivity index (χ3v) is 7.29. The Bertz CT molecular complexity index is 603. The fraction of sp³-hybridized carbons (Fsp3) is 0.912. The normalized spacial score (nSPS) is 11.9. The molecular formula is C34H64O6. The van der Waals surface area contributed by atoms with Gasteiger partial charge in [-0.05, 0) is 25.2 Å². The minimum atomic E-state index is -0.753. The van der Waals surface area contributed by atoms with Crippen molar-refractivity contribution < 1.29 is 28.6 Å². The molecule has 0 spiro atoms. The zero-order chi connectivity index (χ0) is 29.7. The van der Waals surface area contributed by atoms with Gasteiger partial charge < -0.3 is 14.2 Å². The van der Waals surface area contributed by atoms with Crippen molar-refractivity contribution in [3.63, 3.8) is 0 Å². The Labute approximate surface area is 247 Å². The van der Waals surface area contributed by atoms with E-state index in [-0.39, 0.29) is 31.1 Å². The van der Waals surface area contributed by atoms with Crippen LogP contribution in [0.15, 0.2) is 0 Å². The van der Waals surface area contributed by atoms with Gasteiger partial charge in [0.15, 0.2) is 6.10 Å². The first-order valence-corrected chi connectivity index (χ1v) is 16.9. The molecule has 0 saturated carbocycles. The van der Waals surface area contributed by atoms with E-state index in [1.54, 1.807) is 0 Å². The number of ether oxygens (including phenoxy) is 3. The van der Waals surface area contributed by atoms with E-state index in [2.05, 4.69) is 27.7 Å². The molecule has 40 heavy (non-hydrogen) atoms. The molecule has 0 aromatic heterocycles. The van der Waals surface area contributed by atoms with Gasteiger partial charge >= 0.3 is 17.9 Å². The fourth-order valence-corrected chi connectivity index (χ4v) is 4.68. The van der Waals surface area contributed by atoms with Crippen LogP contribution in [-0.4, -0.2) is 37.2 Å². The van der Waals surface area contributed by atoms with Gasteiger partial charge in [0.2, 0.25) is 0 Å². The third-order valence-electron chi connectivity index (χ3n) is 7.29. The van der Waals surface area contributed by atoms with Crippen LogP contribution in [0.1, 0.15) is 175 Å². The number of rotatable bonds is 29. The summed E-state index contributed by atoms with van der Waals surface area (Å²) < 4.78 is 16.3. The highest BCUT2D eigenvalue weighted by molar-refractivity contribution is 5.71. The van der Waals surface area contributed by atoms with E-state index in [9.17, 15) is 14.4 Å². The van der Waals surface area contributed by atoms with Gasteiger partial charge in [0.05, 0.1) is 0 Å². The maximum absolute atomic E-state index is 12.3. The van der Waals surface area contributed by atoms with Crippen molar-refractivity contribution in [1.82, 2.24) is 0 Å². The lowest BCUT2D eigenvalue weighted by Gasteiger charge is -2.18. The molecule has 0 amide bonds. The average molecular weight is 569 g/mol. The molecule has 0 radical (unpaired) electrons. The van der Waals surface area contributed by atoms with Gasteiger partial charge in [-0.3, -0.25) is 14.4 Å². The maximum Gasteiger partial charge on any atom is 0.306 e. The van der Waals surface area contributed by atoms with E-state index in [0.29, 0.717) is 19.3 Å². The van der Waals surface area contributed by atoms with E-state index in [1.165, 1.54) is 57.8 Å². The monoisotopic (exact) mass is 568 g/mol. The molecule has 0 fully saturated rings. The Morgan fingerprint density at radius 1 is 0.475 bits per heavy atom. The lowest BCUT2D eigenvalue weighted by Crippen LogP contribution is -2.30. The lowest BCUT2D eigenvalue weighted by molar-refractivity contribution is -0.167. The van der Waals surface area contributed by atoms with Crippen molar-refractivity contribution in [2.45, 2.75) is 181 Å². The highest BCUT2D eigenvalue weighted by Gasteiger charge is 2.19. The van der Waals surface area contributed by atoms with Crippen molar-refractivity contribution in [3.8, 4) is 0 Å². The summed E-state index contributed by atoms with van der Waals surface area (Å²) >= 11 is 0. The van der Waals surface area contributed by atoms with Gasteiger partial charge in [-0.25, -0.2) is 0 Å². The second kappa shape index (κ2) is 28.9. The molecule has 236 valence electrons. The summed E-state index contributed by atoms with van der Waals surface area (Å²) in [7, 11) is 0. The molecule has 0 heterocycles. The highest BCUT2D eigenvalue weighted by atomic mass is 16.6. The summed E-state index contributed by atoms with van der Waals surface area (Å²) in [5, 5.41) is 0. The van der Waals surface area contributed by atoms with Crippen LogP contribution in [0.3, 0.4) is 0 Å². The zero-order valence-corrected chi connectivity index (χ0v) is 26.8. The van der Waals surface area contributed by atoms with Gasteiger partial charge in [0.25, 0.3) is 0 Å². The smallest absolute Gasteiger partial charge is 0.306 e. The highest BCUT2D eigenvalue weighted by Crippen LogP contribution is 2.14. The molecule has 0 N–H and O–H groups in total. The predicted octanol–water partition coefficient (Wildman–Crippen LogP) is 9.65. The molecular weight excluding hydrogens is 504 g/mol. The average Bonchev–Trinajstić information content (AvgIpc) is 2.92. The quantitative estimate of drug-likeness (QED) is 0.0508. The molecule has 0 rings (SSSR count). The molecule has 0 saturated heterocycles. The number of unbranched alkanes of at least 4 members (excludes halogenated alkanes) is 16. The van der Waals surface area contributed by atoms with Gasteiger partial charge in [-0.2, -0.15) is 0 Å². The minimum absolute atomic E-state index is 0.0685. The molecule has 0 aliphatic heterocycles. The number of carbonyl (C=O) groups excluding carboxylic acids is 3. The first kappa shape index (κ1) is 38.4. The predicted molar refractivity (Wildman–Crippen MR) is 164 cm³/mol. The summed E-state index contributed by atoms with van der Waals surface area (Å²) in [6.07, 6.45) is 22.9. The SMILES string of the molecule is CCCCCCCC(=O)OC[C@H](COC(=O)CCCCCCCCCCCC(C)C)OC(=O)CCCCCCC. The number of hydrogen-bond acceptors (Lipinski definition) is 6. The van der Waals surface area contributed by atoms with E-state index in [1.807, 2.05) is 0 Å². The molecule has 6 heteroatoms. The Hall–Kier alpha value is -1.59. The third kappa shape index (κ3) is 28.0. The summed E-state index contributed by atoms with van der Waals surface area (Å²) in [5.74, 6) is -0.0924. The largest absolute Gasteiger partial charge is 0.462 e. The Kier molecular flexibility index (Phi) is 27.8. The summed E-state index contributed by atoms with van der Waals surface area (Å²) in [5.41, 5.74) is 0. The Morgan fingerprint density at radius 2 is 0.825 bits per heavy atom. The van der Waals surface area contributed by atoms with E-state index < -0.39 is 6.10 Å². The molecule has 0 aromatic carbocycles. The standard InChI is InChI=1S/C34H64O6/c1-5-7-9-16-21-25-32(35)38-28-31(40-34(37)27-23-17-10-8-6-2)29-39-33(36)26-22-19-15-13-11-12-14-18-20-24-30(3)4/h30-31H,5-29H2,1-4H3/t31-/m1/s1. The number of hydrogen-bond donors (Lipinski definition) is 0. The molecule has 6 nitrogen and oxygen atoms in total. The Balaban J connectivity index is 4.21. The molecule has 1 atom stereocenters. The lowest BCUT2D eigenvalue weighted by atomic mass is 10.0. The van der Waals surface area contributed by atoms with Crippen LogP contribution in [0.2, 0.25) is 0 Å². The summed E-state index contributed by atoms with van der Waals surface area (Å²) in [4.78, 5) is 36.8. The van der Waals surface area contributed by atoms with Crippen molar-refractivity contribution in [2.24, 2.45) is 5.92 Å². The second-order valence-electron chi connectivity index (χ2n) is 11.9. The maximum atomic E-state index is 12.3. The van der Waals surface area contributed by atoms with Crippen molar-refractivity contribution in [3.05, 3.63) is 0 Å². The Morgan fingerprint density at radius 3 is 1.23 bits per heavy atom. The second-order valence-corrected chi connectivity index (χ2v) is 11.9. The van der Waals surface area contributed by atoms with Crippen LogP contribution in [-0.2, 0) is 28.6 Å². The van der Waals surface area contributed by atoms with E-state index >= 15 is 0 Å². The topological polar surface area (TPSA) is 78.9 Å². The van der Waals surface area contributed by atoms with Gasteiger partial charge in [-0.1, -0.05) is 137 Å². The number of carbonyl (C=O) groups is 3. The van der Waals surface area contributed by atoms with Crippen LogP contribution in [0.25, 0.3) is 0 Å². The molecule has 0 aromatic rings. The number of esters is 3. The fourth-order valence-electron chi connectivity index (χ4n) is 4.68. The van der Waals surface area contributed by atoms with E-state index in [4.69, 9.17) is 14.2 Å². The summed E-state index contributed by atoms with van der Waals surface area (Å²) in [6, 6.07) is 0. The van der Waals surface area contributed by atoms with Gasteiger partial charge in [0.1, 0.15) is 13.2 Å². The minimum Gasteiger partial charge on any atom is -0.462 e. The van der Waals surface area contributed by atoms with Gasteiger partial charge in [-0.15, -0.1) is 0 Å². The van der Waals surface area contributed by atoms with Crippen molar-refractivity contribution in [1.29, 1.82) is 0 Å². The van der Waals surface area contributed by atoms with Crippen LogP contribution in [0.5, 0.6) is 0 Å². The zero-order valence-electron chi connectivity index (χ0n) is 26.8. The molecule has 0 bridgehead atoms. The van der Waals surface area contributed by atoms with Crippen LogP contribution < -0.4 is 0 Å². The molecule has 0 aliphatic carbocycles. The molecule has 0 unspecified atom stereocenters. The van der Waals surface area contributed by atoms with Crippen LogP contribution >= 0.6 is 0 Å². The van der Waals surface area contributed by atoms with Crippen molar-refractivity contribution >= 4 is 17.9 Å². The summed E-state index contributed by atoms with van der Waals surface area (Å²) in [6.45, 7) is 8.75. The van der Waals surface area contributed by atoms with Crippen LogP contribution in [0, 0.1) is 5.92 Å².